The van der Waals surface area contributed by atoms with Crippen LogP contribution in [0.5, 0.6) is 17.2 Å². The van der Waals surface area contributed by atoms with E-state index in [0.29, 0.717) is 6.42 Å². The van der Waals surface area contributed by atoms with Gasteiger partial charge in [-0.25, -0.2) is 4.79 Å². The molecular weight excluding hydrogens is 521 g/mol. The van der Waals surface area contributed by atoms with Crippen LogP contribution in [0.25, 0.3) is 0 Å². The van der Waals surface area contributed by atoms with Crippen molar-refractivity contribution >= 4 is 31.6 Å². The van der Waals surface area contributed by atoms with Crippen LogP contribution in [-0.2, 0) is 14.1 Å². The summed E-state index contributed by atoms with van der Waals surface area (Å²) in [6.45, 7) is 3.25. The lowest BCUT2D eigenvalue weighted by Gasteiger charge is -2.14. The van der Waals surface area contributed by atoms with Gasteiger partial charge in [-0.3, -0.25) is 19.5 Å². The summed E-state index contributed by atoms with van der Waals surface area (Å²) in [4.78, 5) is 45.9. The molecule has 1 aromatic carbocycles. The molecule has 0 saturated heterocycles. The monoisotopic (exact) mass is 553 g/mol. The highest BCUT2D eigenvalue weighted by atomic mass is 31.2. The molecule has 1 unspecified atom stereocenters. The van der Waals surface area contributed by atoms with E-state index in [1.807, 2.05) is 13.8 Å². The normalized spacial score (nSPS) is 17.5. The van der Waals surface area contributed by atoms with Crippen molar-refractivity contribution < 1.29 is 43.3 Å². The van der Waals surface area contributed by atoms with Gasteiger partial charge in [0, 0.05) is 42.1 Å². The first-order valence-corrected chi connectivity index (χ1v) is 13.6. The molecule has 6 N–H and O–H groups in total. The Labute approximate surface area is 218 Å². The van der Waals surface area contributed by atoms with Crippen LogP contribution in [0.4, 0.5) is 10.6 Å². The van der Waals surface area contributed by atoms with Crippen molar-refractivity contribution in [1.29, 1.82) is 0 Å². The molecule has 0 aliphatic heterocycles. The minimum absolute atomic E-state index is 0.00961. The third-order valence-electron chi connectivity index (χ3n) is 5.54. The molecule has 2 atom stereocenters. The van der Waals surface area contributed by atoms with Crippen LogP contribution in [-0.4, -0.2) is 75.5 Å². The molecule has 208 valence electrons. The summed E-state index contributed by atoms with van der Waals surface area (Å²) in [5.41, 5.74) is 0.826. The highest BCUT2D eigenvalue weighted by Gasteiger charge is 2.30. The second-order valence-corrected chi connectivity index (χ2v) is 10.7. The van der Waals surface area contributed by atoms with Gasteiger partial charge in [0.2, 0.25) is 0 Å². The minimum Gasteiger partial charge on any atom is -0.507 e. The average Bonchev–Trinajstić information content (AvgIpc) is 3.47. The van der Waals surface area contributed by atoms with Gasteiger partial charge >= 0.3 is 13.7 Å². The molecular formula is C23H32N5O9P. The first kappa shape index (κ1) is 29.0. The predicted octanol–water partition coefficient (Wildman–Crippen LogP) is 2.47. The molecule has 1 aliphatic carbocycles. The molecule has 14 nitrogen and oxygen atoms in total. The van der Waals surface area contributed by atoms with Crippen molar-refractivity contribution in [2.24, 2.45) is 4.99 Å². The number of aromatic nitrogens is 2. The quantitative estimate of drug-likeness (QED) is 0.177. The summed E-state index contributed by atoms with van der Waals surface area (Å²) in [6, 6.07) is 4.37. The number of nitrogens with zero attached hydrogens (tertiary/aromatic N) is 2. The van der Waals surface area contributed by atoms with Crippen molar-refractivity contribution in [2.45, 2.75) is 51.2 Å². The second kappa shape index (κ2) is 12.8. The molecule has 2 aromatic rings. The lowest BCUT2D eigenvalue weighted by atomic mass is 10.0. The number of carbonyl (C=O) groups excluding carboxylic acids is 2. The van der Waals surface area contributed by atoms with E-state index in [-0.39, 0.29) is 46.7 Å². The topological polar surface area (TPSA) is 205 Å². The summed E-state index contributed by atoms with van der Waals surface area (Å²) >= 11 is 0. The van der Waals surface area contributed by atoms with Gasteiger partial charge < -0.3 is 39.7 Å². The Bertz CT molecular complexity index is 1210. The standard InChI is InChI=1S/C23H32N5O9P/c1-13(2)25-23(31)37-15-5-4-14(6-15)18-9-21(28-27-18)26-22(30)11-36-20-8-16(35-3)7-19(29)17(20)10-24-12-38(32,33)34/h7-10,13-15,29H,4-6,11-12H2,1-3H3,(H,25,31)(H2,32,33,34)(H2,26,27,28,30)/b24-10+/t14-,15?/m0/s1. The lowest BCUT2D eigenvalue weighted by molar-refractivity contribution is -0.118. The number of methoxy groups -OCH3 is 1. The van der Waals surface area contributed by atoms with E-state index >= 15 is 0 Å². The molecule has 2 amide bonds. The van der Waals surface area contributed by atoms with Gasteiger partial charge in [-0.15, -0.1) is 0 Å². The van der Waals surface area contributed by atoms with Crippen molar-refractivity contribution in [3.63, 3.8) is 0 Å². The van der Waals surface area contributed by atoms with Crippen molar-refractivity contribution in [3.8, 4) is 17.2 Å². The summed E-state index contributed by atoms with van der Waals surface area (Å²) in [5, 5.41) is 22.6. The number of hydrogen-bond acceptors (Lipinski definition) is 9. The molecule has 0 radical (unpaired) electrons. The summed E-state index contributed by atoms with van der Waals surface area (Å²) < 4.78 is 27.1. The number of ether oxygens (including phenoxy) is 3. The largest absolute Gasteiger partial charge is 0.507 e. The van der Waals surface area contributed by atoms with Gasteiger partial charge in [-0.2, -0.15) is 5.10 Å². The fourth-order valence-electron chi connectivity index (χ4n) is 3.88. The van der Waals surface area contributed by atoms with Crippen LogP contribution >= 0.6 is 7.60 Å². The van der Waals surface area contributed by atoms with Crippen molar-refractivity contribution in [2.75, 3.05) is 25.3 Å². The molecule has 0 spiro atoms. The predicted molar refractivity (Wildman–Crippen MR) is 137 cm³/mol. The maximum Gasteiger partial charge on any atom is 0.407 e. The molecule has 15 heteroatoms. The molecule has 1 heterocycles. The summed E-state index contributed by atoms with van der Waals surface area (Å²) in [7, 11) is -3.01. The van der Waals surface area contributed by atoms with E-state index in [1.165, 1.54) is 19.2 Å². The summed E-state index contributed by atoms with van der Waals surface area (Å²) in [6.07, 6.45) is 1.78. The fraction of sp³-hybridized carbons (Fsp3) is 0.478. The Morgan fingerprint density at radius 1 is 1.29 bits per heavy atom. The van der Waals surface area contributed by atoms with Crippen molar-refractivity contribution in [3.05, 3.63) is 29.5 Å². The van der Waals surface area contributed by atoms with Gasteiger partial charge in [0.05, 0.1) is 12.7 Å². The smallest absolute Gasteiger partial charge is 0.407 e. The molecule has 1 aromatic heterocycles. The van der Waals surface area contributed by atoms with Crippen LogP contribution < -0.4 is 20.1 Å². The zero-order chi connectivity index (χ0) is 27.9. The Balaban J connectivity index is 1.57. The van der Waals surface area contributed by atoms with E-state index in [9.17, 15) is 19.3 Å². The first-order chi connectivity index (χ1) is 17.9. The third-order valence-corrected chi connectivity index (χ3v) is 6.08. The maximum atomic E-state index is 12.5. The second-order valence-electron chi connectivity index (χ2n) is 9.06. The lowest BCUT2D eigenvalue weighted by Crippen LogP contribution is -2.33. The van der Waals surface area contributed by atoms with Gasteiger partial charge in [-0.1, -0.05) is 0 Å². The number of anilines is 1. The number of carbonyl (C=O) groups is 2. The van der Waals surface area contributed by atoms with Crippen LogP contribution in [0.1, 0.15) is 50.3 Å². The molecule has 1 saturated carbocycles. The van der Waals surface area contributed by atoms with E-state index in [2.05, 4.69) is 25.8 Å². The highest BCUT2D eigenvalue weighted by Crippen LogP contribution is 2.37. The van der Waals surface area contributed by atoms with E-state index < -0.39 is 32.5 Å². The van der Waals surface area contributed by atoms with Gasteiger partial charge in [0.25, 0.3) is 5.91 Å². The number of aliphatic imine (C=N–C) groups is 1. The maximum absolute atomic E-state index is 12.5. The van der Waals surface area contributed by atoms with Crippen LogP contribution in [0.2, 0.25) is 0 Å². The molecule has 3 rings (SSSR count). The Morgan fingerprint density at radius 3 is 2.74 bits per heavy atom. The minimum atomic E-state index is -4.38. The Kier molecular flexibility index (Phi) is 9.72. The molecule has 1 fully saturated rings. The fourth-order valence-corrected chi connectivity index (χ4v) is 4.17. The number of aromatic hydroxyl groups is 1. The Morgan fingerprint density at radius 2 is 2.05 bits per heavy atom. The van der Waals surface area contributed by atoms with Crippen LogP contribution in [0.15, 0.2) is 23.2 Å². The van der Waals surface area contributed by atoms with E-state index in [0.717, 1.165) is 24.8 Å². The molecule has 38 heavy (non-hydrogen) atoms. The van der Waals surface area contributed by atoms with Crippen molar-refractivity contribution in [1.82, 2.24) is 15.5 Å². The zero-order valence-corrected chi connectivity index (χ0v) is 22.1. The molecule has 0 bridgehead atoms. The van der Waals surface area contributed by atoms with E-state index in [1.54, 1.807) is 6.07 Å². The van der Waals surface area contributed by atoms with Crippen LogP contribution in [0.3, 0.4) is 0 Å². The SMILES string of the molecule is COc1cc(O)c(/C=N/CP(=O)(O)O)c(OCC(=O)Nc2cc([C@H]3CCC(OC(=O)NC(C)C)C3)[nH]n2)c1. The Hall–Kier alpha value is -3.61. The number of aromatic amines is 1. The number of amides is 2. The van der Waals surface area contributed by atoms with Crippen LogP contribution in [0, 0.1) is 0 Å². The summed E-state index contributed by atoms with van der Waals surface area (Å²) in [5.74, 6) is -0.216. The number of phenolic OH excluding ortho intramolecular Hbond substituents is 1. The number of H-pyrrole nitrogens is 1. The van der Waals surface area contributed by atoms with E-state index in [4.69, 9.17) is 24.0 Å². The number of alkyl carbamates (subject to hydrolysis) is 1. The highest BCUT2D eigenvalue weighted by molar-refractivity contribution is 7.51. The first-order valence-electron chi connectivity index (χ1n) is 11.8. The number of hydrogen-bond donors (Lipinski definition) is 6. The molecule has 1 aliphatic rings. The number of rotatable bonds is 11. The number of phenols is 1. The van der Waals surface area contributed by atoms with Gasteiger partial charge in [0.1, 0.15) is 29.6 Å². The zero-order valence-electron chi connectivity index (χ0n) is 21.2. The number of nitrogens with one attached hydrogen (secondary N) is 3. The number of benzene rings is 1. The third kappa shape index (κ3) is 8.75. The van der Waals surface area contributed by atoms with Gasteiger partial charge in [0.15, 0.2) is 12.4 Å². The van der Waals surface area contributed by atoms with Gasteiger partial charge in [-0.05, 0) is 33.1 Å². The average molecular weight is 554 g/mol.